The SMILES string of the molecule is Cc1cc(N=Nc2c(SOOO)cc3cc(N=Nc4ccc(O)cc4O)ccc3c2O)c(O)cc1N=Nc1ccc2cc(SOOO)cc(S(=O)(=O)O)c2c1. The minimum absolute atomic E-state index is 0.0211. The normalized spacial score (nSPS) is 12.3. The molecule has 0 aromatic heterocycles. The molecule has 6 rings (SSSR count). The standard InChI is InChI=1S/C33H24N6O13S3/c1-16-8-27(29(42)15-26(16)37-35-20-3-2-17-10-22(53-51-49-44)14-31(24(17)12-20)55(46,47)48)38-39-32-30(54-52-50-45)11-18-9-19(4-6-23(18)33(32)43)34-36-25-7-5-21(40)13-28(25)41/h2-15,40-45H,1H3,(H,46,47,48). The smallest absolute Gasteiger partial charge is 0.295 e. The van der Waals surface area contributed by atoms with Crippen LogP contribution < -0.4 is 0 Å². The first-order valence-corrected chi connectivity index (χ1v) is 18.0. The molecule has 0 heterocycles. The molecule has 0 saturated carbocycles. The van der Waals surface area contributed by atoms with Gasteiger partial charge in [-0.25, -0.2) is 10.5 Å². The molecule has 0 atom stereocenters. The van der Waals surface area contributed by atoms with Crippen molar-refractivity contribution in [2.24, 2.45) is 30.7 Å². The Morgan fingerprint density at radius 1 is 0.600 bits per heavy atom. The Bertz CT molecular complexity index is 2640. The quantitative estimate of drug-likeness (QED) is 0.0188. The van der Waals surface area contributed by atoms with E-state index in [2.05, 4.69) is 49.4 Å². The van der Waals surface area contributed by atoms with Crippen molar-refractivity contribution in [3.8, 4) is 23.0 Å². The van der Waals surface area contributed by atoms with Gasteiger partial charge in [0.2, 0.25) is 0 Å². The number of hydrogen-bond donors (Lipinski definition) is 7. The Labute approximate surface area is 317 Å². The molecule has 0 fully saturated rings. The van der Waals surface area contributed by atoms with Crippen molar-refractivity contribution in [3.63, 3.8) is 0 Å². The lowest BCUT2D eigenvalue weighted by Gasteiger charge is -2.10. The van der Waals surface area contributed by atoms with Crippen LogP contribution in [0.2, 0.25) is 0 Å². The van der Waals surface area contributed by atoms with Gasteiger partial charge in [-0.1, -0.05) is 16.1 Å². The second kappa shape index (κ2) is 16.7. The highest BCUT2D eigenvalue weighted by Gasteiger charge is 2.18. The van der Waals surface area contributed by atoms with E-state index in [1.165, 1.54) is 60.7 Å². The number of aromatic hydroxyl groups is 4. The summed E-state index contributed by atoms with van der Waals surface area (Å²) in [5, 5.41) is 91.9. The number of phenolic OH excluding ortho intramolecular Hbond substituents is 4. The third-order valence-electron chi connectivity index (χ3n) is 7.56. The second-order valence-electron chi connectivity index (χ2n) is 11.1. The van der Waals surface area contributed by atoms with Crippen molar-refractivity contribution in [2.45, 2.75) is 21.6 Å². The molecule has 0 saturated heterocycles. The first-order valence-electron chi connectivity index (χ1n) is 15.1. The zero-order valence-corrected chi connectivity index (χ0v) is 30.0. The topological polar surface area (TPSA) is 287 Å². The summed E-state index contributed by atoms with van der Waals surface area (Å²) in [7, 11) is -4.70. The summed E-state index contributed by atoms with van der Waals surface area (Å²) in [6.07, 6.45) is 0. The zero-order chi connectivity index (χ0) is 39.3. The molecule has 0 unspecified atom stereocenters. The number of benzene rings is 6. The fraction of sp³-hybridized carbons (Fsp3) is 0.0303. The molecule has 55 heavy (non-hydrogen) atoms. The van der Waals surface area contributed by atoms with E-state index in [0.29, 0.717) is 51.5 Å². The van der Waals surface area contributed by atoms with Gasteiger partial charge in [-0.15, -0.1) is 24.0 Å². The fourth-order valence-electron chi connectivity index (χ4n) is 5.06. The number of nitrogens with zero attached hydrogens (tertiary/aromatic N) is 6. The summed E-state index contributed by atoms with van der Waals surface area (Å²) in [4.78, 5) is -0.122. The third-order valence-corrected chi connectivity index (χ3v) is 9.63. The number of phenols is 4. The lowest BCUT2D eigenvalue weighted by Crippen LogP contribution is -1.99. The monoisotopic (exact) mass is 808 g/mol. The van der Waals surface area contributed by atoms with Gasteiger partial charge >= 0.3 is 0 Å². The first kappa shape index (κ1) is 38.9. The molecule has 22 heteroatoms. The molecule has 19 nitrogen and oxygen atoms in total. The number of fused-ring (bicyclic) bond motifs is 2. The summed E-state index contributed by atoms with van der Waals surface area (Å²) < 4.78 is 43.0. The first-order chi connectivity index (χ1) is 26.3. The van der Waals surface area contributed by atoms with E-state index in [1.54, 1.807) is 19.1 Å². The lowest BCUT2D eigenvalue weighted by atomic mass is 10.1. The summed E-state index contributed by atoms with van der Waals surface area (Å²) in [6, 6.07) is 19.8. The van der Waals surface area contributed by atoms with Crippen molar-refractivity contribution >= 4 is 89.9 Å². The van der Waals surface area contributed by atoms with E-state index in [-0.39, 0.29) is 66.6 Å². The molecular weight excluding hydrogens is 785 g/mol. The fourth-order valence-corrected chi connectivity index (χ4v) is 6.81. The molecule has 0 aliphatic heterocycles. The maximum atomic E-state index is 12.1. The molecule has 0 aliphatic carbocycles. The number of aryl methyl sites for hydroxylation is 1. The van der Waals surface area contributed by atoms with Gasteiger partial charge < -0.3 is 20.4 Å². The van der Waals surface area contributed by atoms with Gasteiger partial charge in [0, 0.05) is 27.8 Å². The Hall–Kier alpha value is -5.79. The minimum Gasteiger partial charge on any atom is -0.508 e. The van der Waals surface area contributed by atoms with Crippen LogP contribution in [0.4, 0.5) is 34.1 Å². The van der Waals surface area contributed by atoms with E-state index in [0.717, 1.165) is 12.1 Å². The van der Waals surface area contributed by atoms with Crippen molar-refractivity contribution < 1.29 is 62.7 Å². The van der Waals surface area contributed by atoms with Crippen molar-refractivity contribution in [2.75, 3.05) is 0 Å². The van der Waals surface area contributed by atoms with Crippen LogP contribution in [0.5, 0.6) is 23.0 Å². The van der Waals surface area contributed by atoms with Crippen molar-refractivity contribution in [1.82, 2.24) is 0 Å². The second-order valence-corrected chi connectivity index (χ2v) is 14.0. The molecule has 0 bridgehead atoms. The van der Waals surface area contributed by atoms with Crippen molar-refractivity contribution in [1.29, 1.82) is 0 Å². The Kier molecular flexibility index (Phi) is 11.8. The predicted octanol–water partition coefficient (Wildman–Crippen LogP) is 10.5. The molecule has 6 aromatic carbocycles. The van der Waals surface area contributed by atoms with Crippen LogP contribution in [0.1, 0.15) is 5.56 Å². The van der Waals surface area contributed by atoms with Crippen LogP contribution in [0.15, 0.2) is 130 Å². The predicted molar refractivity (Wildman–Crippen MR) is 196 cm³/mol. The summed E-state index contributed by atoms with van der Waals surface area (Å²) in [5.41, 5.74) is 1.21. The number of rotatable bonds is 13. The van der Waals surface area contributed by atoms with E-state index >= 15 is 0 Å². The van der Waals surface area contributed by atoms with Crippen LogP contribution in [0.25, 0.3) is 21.5 Å². The molecule has 7 N–H and O–H groups in total. The van der Waals surface area contributed by atoms with E-state index in [4.69, 9.17) is 10.5 Å². The van der Waals surface area contributed by atoms with Crippen LogP contribution in [0, 0.1) is 6.92 Å². The zero-order valence-electron chi connectivity index (χ0n) is 27.6. The average Bonchev–Trinajstić information content (AvgIpc) is 3.15. The van der Waals surface area contributed by atoms with E-state index in [9.17, 15) is 33.4 Å². The highest BCUT2D eigenvalue weighted by atomic mass is 32.2. The van der Waals surface area contributed by atoms with Gasteiger partial charge in [0.05, 0.1) is 46.0 Å². The Balaban J connectivity index is 1.28. The van der Waals surface area contributed by atoms with Gasteiger partial charge in [-0.3, -0.25) is 4.55 Å². The minimum atomic E-state index is -4.70. The Morgan fingerprint density at radius 2 is 1.27 bits per heavy atom. The maximum absolute atomic E-state index is 12.1. The molecule has 0 spiro atoms. The average molecular weight is 809 g/mol. The van der Waals surface area contributed by atoms with Crippen LogP contribution in [-0.4, -0.2) is 43.9 Å². The maximum Gasteiger partial charge on any atom is 0.295 e. The van der Waals surface area contributed by atoms with Crippen LogP contribution >= 0.6 is 24.1 Å². The van der Waals surface area contributed by atoms with Crippen LogP contribution in [0.3, 0.4) is 0 Å². The summed E-state index contributed by atoms with van der Waals surface area (Å²) in [5.74, 6) is -1.14. The van der Waals surface area contributed by atoms with Gasteiger partial charge in [0.25, 0.3) is 10.1 Å². The Morgan fingerprint density at radius 3 is 2.00 bits per heavy atom. The van der Waals surface area contributed by atoms with Gasteiger partial charge in [-0.05, 0) is 90.0 Å². The van der Waals surface area contributed by atoms with Gasteiger partial charge in [0.15, 0.2) is 5.75 Å². The summed E-state index contributed by atoms with van der Waals surface area (Å²) >= 11 is 1.01. The van der Waals surface area contributed by atoms with Crippen molar-refractivity contribution in [3.05, 3.63) is 90.5 Å². The lowest BCUT2D eigenvalue weighted by molar-refractivity contribution is -0.432. The van der Waals surface area contributed by atoms with E-state index in [1.807, 2.05) is 0 Å². The summed E-state index contributed by atoms with van der Waals surface area (Å²) in [6.45, 7) is 1.65. The van der Waals surface area contributed by atoms with Gasteiger partial charge in [0.1, 0.15) is 39.2 Å². The molecule has 0 radical (unpaired) electrons. The largest absolute Gasteiger partial charge is 0.508 e. The van der Waals surface area contributed by atoms with Gasteiger partial charge in [-0.2, -0.15) is 23.8 Å². The molecule has 0 aliphatic rings. The van der Waals surface area contributed by atoms with E-state index < -0.39 is 15.0 Å². The molecule has 0 amide bonds. The number of hydrogen-bond acceptors (Lipinski definition) is 20. The third kappa shape index (κ3) is 9.13. The van der Waals surface area contributed by atoms with Crippen LogP contribution in [-0.2, 0) is 28.9 Å². The highest BCUT2D eigenvalue weighted by molar-refractivity contribution is 7.95. The molecule has 282 valence electrons. The molecular formula is C33H24N6O13S3. The molecule has 6 aromatic rings. The number of azo groups is 3. The highest BCUT2D eigenvalue weighted by Crippen LogP contribution is 2.46.